The van der Waals surface area contributed by atoms with E-state index in [4.69, 9.17) is 5.73 Å². The molecule has 0 radical (unpaired) electrons. The SMILES string of the molecule is C[C@H](Nc1nc(N)nc(NC[C@H]2C[C@@H]2c2ccccc2F)n1)c1ccccc1. The molecule has 4 N–H and O–H groups in total. The maximum absolute atomic E-state index is 13.9. The second kappa shape index (κ2) is 7.80. The van der Waals surface area contributed by atoms with E-state index in [1.54, 1.807) is 6.07 Å². The predicted molar refractivity (Wildman–Crippen MR) is 108 cm³/mol. The van der Waals surface area contributed by atoms with Gasteiger partial charge in [-0.3, -0.25) is 0 Å². The van der Waals surface area contributed by atoms with Gasteiger partial charge in [-0.25, -0.2) is 4.39 Å². The molecule has 1 saturated carbocycles. The standard InChI is InChI=1S/C21H23FN6/c1-13(14-7-3-2-4-8-14)25-21-27-19(23)26-20(28-21)24-12-15-11-17(15)16-9-5-6-10-18(16)22/h2-10,13,15,17H,11-12H2,1H3,(H4,23,24,25,26,27,28)/t13-,15+,17-/m0/s1. The average molecular weight is 378 g/mol. The molecule has 0 saturated heterocycles. The van der Waals surface area contributed by atoms with Crippen LogP contribution in [-0.2, 0) is 0 Å². The Hall–Kier alpha value is -3.22. The fraction of sp³-hybridized carbons (Fsp3) is 0.286. The maximum atomic E-state index is 13.9. The Morgan fingerprint density at radius 3 is 2.54 bits per heavy atom. The molecule has 3 aromatic rings. The third-order valence-corrected chi connectivity index (χ3v) is 5.05. The van der Waals surface area contributed by atoms with E-state index >= 15 is 0 Å². The number of halogens is 1. The summed E-state index contributed by atoms with van der Waals surface area (Å²) in [4.78, 5) is 12.7. The molecule has 0 spiro atoms. The Morgan fingerprint density at radius 1 is 1.04 bits per heavy atom. The first-order valence-electron chi connectivity index (χ1n) is 9.41. The molecule has 0 amide bonds. The Labute approximate surface area is 163 Å². The molecule has 1 aromatic heterocycles. The van der Waals surface area contributed by atoms with Gasteiger partial charge in [0.1, 0.15) is 5.82 Å². The van der Waals surface area contributed by atoms with Crippen molar-refractivity contribution in [3.63, 3.8) is 0 Å². The minimum atomic E-state index is -0.138. The zero-order valence-electron chi connectivity index (χ0n) is 15.6. The minimum absolute atomic E-state index is 0.0321. The summed E-state index contributed by atoms with van der Waals surface area (Å²) >= 11 is 0. The van der Waals surface area contributed by atoms with Crippen molar-refractivity contribution in [2.45, 2.75) is 25.3 Å². The van der Waals surface area contributed by atoms with Gasteiger partial charge in [-0.05, 0) is 42.4 Å². The number of nitrogen functional groups attached to an aromatic ring is 1. The zero-order valence-corrected chi connectivity index (χ0v) is 15.6. The van der Waals surface area contributed by atoms with Gasteiger partial charge in [-0.2, -0.15) is 15.0 Å². The second-order valence-electron chi connectivity index (χ2n) is 7.12. The zero-order chi connectivity index (χ0) is 19.5. The fourth-order valence-electron chi connectivity index (χ4n) is 3.41. The van der Waals surface area contributed by atoms with Crippen LogP contribution >= 0.6 is 0 Å². The third kappa shape index (κ3) is 4.19. The van der Waals surface area contributed by atoms with Crippen LogP contribution in [-0.4, -0.2) is 21.5 Å². The Bertz CT molecular complexity index is 949. The van der Waals surface area contributed by atoms with Gasteiger partial charge in [-0.15, -0.1) is 0 Å². The van der Waals surface area contributed by atoms with Gasteiger partial charge in [0.25, 0.3) is 0 Å². The lowest BCUT2D eigenvalue weighted by molar-refractivity contribution is 0.606. The summed E-state index contributed by atoms with van der Waals surface area (Å²) in [7, 11) is 0. The molecule has 4 rings (SSSR count). The van der Waals surface area contributed by atoms with Crippen molar-refractivity contribution in [2.24, 2.45) is 5.92 Å². The summed E-state index contributed by atoms with van der Waals surface area (Å²) in [5, 5.41) is 6.47. The van der Waals surface area contributed by atoms with E-state index in [9.17, 15) is 4.39 Å². The van der Waals surface area contributed by atoms with Crippen molar-refractivity contribution in [1.29, 1.82) is 0 Å². The second-order valence-corrected chi connectivity index (χ2v) is 7.12. The molecular weight excluding hydrogens is 355 g/mol. The van der Waals surface area contributed by atoms with Gasteiger partial charge in [0.2, 0.25) is 17.8 Å². The Kier molecular flexibility index (Phi) is 5.06. The highest BCUT2D eigenvalue weighted by molar-refractivity contribution is 5.42. The normalized spacial score (nSPS) is 19.1. The van der Waals surface area contributed by atoms with E-state index < -0.39 is 0 Å². The number of aromatic nitrogens is 3. The number of nitrogens with zero attached hydrogens (tertiary/aromatic N) is 3. The van der Waals surface area contributed by atoms with Crippen molar-refractivity contribution >= 4 is 17.8 Å². The molecule has 28 heavy (non-hydrogen) atoms. The molecule has 1 heterocycles. The first kappa shape index (κ1) is 18.2. The maximum Gasteiger partial charge on any atom is 0.229 e. The summed E-state index contributed by atoms with van der Waals surface area (Å²) in [6.07, 6.45) is 0.949. The first-order chi connectivity index (χ1) is 13.6. The van der Waals surface area contributed by atoms with Crippen LogP contribution in [0.15, 0.2) is 54.6 Å². The van der Waals surface area contributed by atoms with Crippen LogP contribution in [0.3, 0.4) is 0 Å². The lowest BCUT2D eigenvalue weighted by Crippen LogP contribution is -2.14. The van der Waals surface area contributed by atoms with Gasteiger partial charge in [-0.1, -0.05) is 48.5 Å². The summed E-state index contributed by atoms with van der Waals surface area (Å²) in [5.41, 5.74) is 7.75. The van der Waals surface area contributed by atoms with E-state index in [-0.39, 0.29) is 23.7 Å². The topological polar surface area (TPSA) is 88.8 Å². The van der Waals surface area contributed by atoms with Gasteiger partial charge < -0.3 is 16.4 Å². The number of anilines is 3. The van der Waals surface area contributed by atoms with E-state index in [0.717, 1.165) is 17.5 Å². The molecule has 7 heteroatoms. The molecule has 1 fully saturated rings. The molecule has 2 aromatic carbocycles. The Morgan fingerprint density at radius 2 is 1.75 bits per heavy atom. The van der Waals surface area contributed by atoms with Crippen LogP contribution < -0.4 is 16.4 Å². The Balaban J connectivity index is 1.37. The largest absolute Gasteiger partial charge is 0.368 e. The quantitative estimate of drug-likeness (QED) is 0.576. The highest BCUT2D eigenvalue weighted by Gasteiger charge is 2.39. The smallest absolute Gasteiger partial charge is 0.229 e. The highest BCUT2D eigenvalue weighted by Crippen LogP contribution is 2.48. The molecule has 0 aliphatic heterocycles. The number of nitrogens with two attached hydrogens (primary N) is 1. The van der Waals surface area contributed by atoms with Crippen LogP contribution in [0.1, 0.15) is 36.4 Å². The van der Waals surface area contributed by atoms with Crippen LogP contribution in [0.25, 0.3) is 0 Å². The van der Waals surface area contributed by atoms with Gasteiger partial charge in [0.05, 0.1) is 6.04 Å². The molecule has 1 aliphatic rings. The average Bonchev–Trinajstić information content (AvgIpc) is 3.46. The fourth-order valence-corrected chi connectivity index (χ4v) is 3.41. The molecule has 144 valence electrons. The van der Waals surface area contributed by atoms with Crippen molar-refractivity contribution in [2.75, 3.05) is 22.9 Å². The number of hydrogen-bond acceptors (Lipinski definition) is 6. The molecule has 0 unspecified atom stereocenters. The van der Waals surface area contributed by atoms with Crippen molar-refractivity contribution in [1.82, 2.24) is 15.0 Å². The van der Waals surface area contributed by atoms with Gasteiger partial charge >= 0.3 is 0 Å². The first-order valence-corrected chi connectivity index (χ1v) is 9.41. The lowest BCUT2D eigenvalue weighted by atomic mass is 10.1. The van der Waals surface area contributed by atoms with Crippen LogP contribution in [0.4, 0.5) is 22.2 Å². The molecular formula is C21H23FN6. The third-order valence-electron chi connectivity index (χ3n) is 5.05. The molecule has 0 bridgehead atoms. The predicted octanol–water partition coefficient (Wildman–Crippen LogP) is 3.98. The summed E-state index contributed by atoms with van der Waals surface area (Å²) in [6, 6.07) is 17.0. The van der Waals surface area contributed by atoms with Gasteiger partial charge in [0, 0.05) is 6.54 Å². The van der Waals surface area contributed by atoms with E-state index in [1.165, 1.54) is 6.07 Å². The number of nitrogens with one attached hydrogen (secondary N) is 2. The number of benzene rings is 2. The molecule has 1 aliphatic carbocycles. The highest BCUT2D eigenvalue weighted by atomic mass is 19.1. The van der Waals surface area contributed by atoms with Crippen molar-refractivity contribution < 1.29 is 4.39 Å². The summed E-state index contributed by atoms with van der Waals surface area (Å²) < 4.78 is 13.9. The van der Waals surface area contributed by atoms with Crippen molar-refractivity contribution in [3.8, 4) is 0 Å². The van der Waals surface area contributed by atoms with Gasteiger partial charge in [0.15, 0.2) is 0 Å². The summed E-state index contributed by atoms with van der Waals surface area (Å²) in [5.74, 6) is 1.46. The van der Waals surface area contributed by atoms with E-state index in [0.29, 0.717) is 24.4 Å². The van der Waals surface area contributed by atoms with E-state index in [1.807, 2.05) is 49.4 Å². The number of rotatable bonds is 7. The molecule has 6 nitrogen and oxygen atoms in total. The van der Waals surface area contributed by atoms with E-state index in [2.05, 4.69) is 25.6 Å². The molecule has 3 atom stereocenters. The van der Waals surface area contributed by atoms with Crippen LogP contribution in [0.2, 0.25) is 0 Å². The lowest BCUT2D eigenvalue weighted by Gasteiger charge is -2.15. The van der Waals surface area contributed by atoms with Crippen molar-refractivity contribution in [3.05, 3.63) is 71.5 Å². The number of hydrogen-bond donors (Lipinski definition) is 3. The van der Waals surface area contributed by atoms with Crippen LogP contribution in [0, 0.1) is 11.7 Å². The van der Waals surface area contributed by atoms with Crippen LogP contribution in [0.5, 0.6) is 0 Å². The summed E-state index contributed by atoms with van der Waals surface area (Å²) in [6.45, 7) is 2.70. The monoisotopic (exact) mass is 378 g/mol. The minimum Gasteiger partial charge on any atom is -0.368 e.